The maximum atomic E-state index is 13.4. The van der Waals surface area contributed by atoms with Crippen LogP contribution in [-0.2, 0) is 11.2 Å². The highest BCUT2D eigenvalue weighted by Crippen LogP contribution is 2.16. The number of hydrogen-bond acceptors (Lipinski definition) is 4. The molecule has 0 atom stereocenters. The van der Waals surface area contributed by atoms with Crippen molar-refractivity contribution in [2.75, 3.05) is 25.5 Å². The quantitative estimate of drug-likeness (QED) is 0.842. The van der Waals surface area contributed by atoms with Crippen molar-refractivity contribution in [3.8, 4) is 0 Å². The molecule has 0 aliphatic rings. The number of carbonyl (C=O) groups excluding carboxylic acids is 1. The molecule has 23 heavy (non-hydrogen) atoms. The molecule has 1 aromatic carbocycles. The first-order valence-electron chi connectivity index (χ1n) is 7.28. The number of halogens is 2. The summed E-state index contributed by atoms with van der Waals surface area (Å²) in [4.78, 5) is 19.3. The molecule has 0 radical (unpaired) electrons. The van der Waals surface area contributed by atoms with Crippen molar-refractivity contribution >= 4 is 22.9 Å². The molecule has 1 amide bonds. The summed E-state index contributed by atoms with van der Waals surface area (Å²) in [6, 6.07) is 2.98. The van der Waals surface area contributed by atoms with E-state index >= 15 is 0 Å². The molecular formula is C16H19F2N3OS. The molecule has 0 aliphatic carbocycles. The van der Waals surface area contributed by atoms with Crippen LogP contribution in [0.1, 0.15) is 17.0 Å². The van der Waals surface area contributed by atoms with E-state index in [2.05, 4.69) is 10.3 Å². The zero-order valence-electron chi connectivity index (χ0n) is 13.1. The number of hydrogen-bond donors (Lipinski definition) is 1. The summed E-state index contributed by atoms with van der Waals surface area (Å²) < 4.78 is 26.5. The highest BCUT2D eigenvalue weighted by molar-refractivity contribution is 7.09. The van der Waals surface area contributed by atoms with Gasteiger partial charge in [0.2, 0.25) is 5.91 Å². The van der Waals surface area contributed by atoms with Crippen LogP contribution in [0.25, 0.3) is 0 Å². The van der Waals surface area contributed by atoms with Gasteiger partial charge in [-0.1, -0.05) is 0 Å². The van der Waals surface area contributed by atoms with E-state index in [1.165, 1.54) is 4.88 Å². The van der Waals surface area contributed by atoms with Gasteiger partial charge >= 0.3 is 0 Å². The summed E-state index contributed by atoms with van der Waals surface area (Å²) in [7, 11) is 1.92. The van der Waals surface area contributed by atoms with Crippen molar-refractivity contribution in [2.45, 2.75) is 19.8 Å². The molecule has 0 spiro atoms. The molecule has 124 valence electrons. The Morgan fingerprint density at radius 2 is 2.13 bits per heavy atom. The van der Waals surface area contributed by atoms with E-state index in [0.717, 1.165) is 36.9 Å². The second-order valence-corrected chi connectivity index (χ2v) is 6.28. The Kier molecular flexibility index (Phi) is 6.18. The van der Waals surface area contributed by atoms with E-state index in [4.69, 9.17) is 0 Å². The van der Waals surface area contributed by atoms with Crippen LogP contribution in [0.2, 0.25) is 0 Å². The first-order chi connectivity index (χ1) is 11.0. The van der Waals surface area contributed by atoms with Crippen LogP contribution in [0.3, 0.4) is 0 Å². The first-order valence-corrected chi connectivity index (χ1v) is 8.16. The minimum absolute atomic E-state index is 0.127. The van der Waals surface area contributed by atoms with Crippen LogP contribution in [0.15, 0.2) is 23.7 Å². The summed E-state index contributed by atoms with van der Waals surface area (Å²) in [6.07, 6.45) is 1.10. The number of rotatable bonds is 7. The summed E-state index contributed by atoms with van der Waals surface area (Å²) in [5.41, 5.74) is 2.74. The predicted octanol–water partition coefficient (Wildman–Crippen LogP) is 3.23. The molecule has 1 heterocycles. The smallest absolute Gasteiger partial charge is 0.225 e. The van der Waals surface area contributed by atoms with Crippen LogP contribution in [0.5, 0.6) is 0 Å². The number of anilines is 1. The highest BCUT2D eigenvalue weighted by Gasteiger charge is 2.10. The zero-order valence-corrected chi connectivity index (χ0v) is 13.9. The zero-order chi connectivity index (χ0) is 16.8. The van der Waals surface area contributed by atoms with Crippen molar-refractivity contribution in [2.24, 2.45) is 0 Å². The lowest BCUT2D eigenvalue weighted by atomic mass is 10.2. The van der Waals surface area contributed by atoms with E-state index in [-0.39, 0.29) is 18.0 Å². The van der Waals surface area contributed by atoms with Crippen molar-refractivity contribution in [3.05, 3.63) is 45.9 Å². The molecule has 2 aromatic rings. The van der Waals surface area contributed by atoms with E-state index in [9.17, 15) is 13.6 Å². The average Bonchev–Trinajstić information content (AvgIpc) is 2.92. The fourth-order valence-corrected chi connectivity index (χ4v) is 2.84. The van der Waals surface area contributed by atoms with Gasteiger partial charge in [-0.25, -0.2) is 13.8 Å². The fourth-order valence-electron chi connectivity index (χ4n) is 2.07. The molecule has 0 unspecified atom stereocenters. The van der Waals surface area contributed by atoms with E-state index in [1.54, 1.807) is 11.3 Å². The summed E-state index contributed by atoms with van der Waals surface area (Å²) in [5.74, 6) is -1.57. The predicted molar refractivity (Wildman–Crippen MR) is 87.7 cm³/mol. The lowest BCUT2D eigenvalue weighted by Gasteiger charge is -2.16. The van der Waals surface area contributed by atoms with Crippen LogP contribution in [0, 0.1) is 18.6 Å². The number of thiazole rings is 1. The molecule has 0 saturated heterocycles. The van der Waals surface area contributed by atoms with Gasteiger partial charge < -0.3 is 10.2 Å². The van der Waals surface area contributed by atoms with Gasteiger partial charge in [0.15, 0.2) is 0 Å². The molecule has 0 bridgehead atoms. The SMILES string of the molecule is Cc1ncsc1CCN(C)CCC(=O)Nc1cc(F)ccc1F. The van der Waals surface area contributed by atoms with Gasteiger partial charge in [-0.05, 0) is 32.5 Å². The highest BCUT2D eigenvalue weighted by atomic mass is 32.1. The van der Waals surface area contributed by atoms with Crippen LogP contribution < -0.4 is 5.32 Å². The maximum Gasteiger partial charge on any atom is 0.225 e. The maximum absolute atomic E-state index is 13.4. The number of nitrogens with zero attached hydrogens (tertiary/aromatic N) is 2. The Morgan fingerprint density at radius 3 is 2.83 bits per heavy atom. The third-order valence-corrected chi connectivity index (χ3v) is 4.48. The number of amides is 1. The number of benzene rings is 1. The third kappa shape index (κ3) is 5.37. The standard InChI is InChI=1S/C16H19F2N3OS/c1-11-15(23-10-19-11)5-7-21(2)8-6-16(22)20-14-9-12(17)3-4-13(14)18/h3-4,9-10H,5-8H2,1-2H3,(H,20,22). The van der Waals surface area contributed by atoms with Crippen LogP contribution >= 0.6 is 11.3 Å². The summed E-state index contributed by atoms with van der Waals surface area (Å²) in [5, 5.41) is 2.40. The lowest BCUT2D eigenvalue weighted by molar-refractivity contribution is -0.116. The largest absolute Gasteiger partial charge is 0.323 e. The topological polar surface area (TPSA) is 45.2 Å². The lowest BCUT2D eigenvalue weighted by Crippen LogP contribution is -2.26. The normalized spacial score (nSPS) is 11.0. The molecule has 7 heteroatoms. The van der Waals surface area contributed by atoms with Crippen LogP contribution in [-0.4, -0.2) is 35.9 Å². The van der Waals surface area contributed by atoms with E-state index in [0.29, 0.717) is 6.54 Å². The Hall–Kier alpha value is -1.86. The van der Waals surface area contributed by atoms with Crippen LogP contribution in [0.4, 0.5) is 14.5 Å². The second-order valence-electron chi connectivity index (χ2n) is 5.34. The van der Waals surface area contributed by atoms with Gasteiger partial charge in [0.05, 0.1) is 16.9 Å². The minimum Gasteiger partial charge on any atom is -0.323 e. The molecule has 4 nitrogen and oxygen atoms in total. The fraction of sp³-hybridized carbons (Fsp3) is 0.375. The number of aromatic nitrogens is 1. The van der Waals surface area contributed by atoms with E-state index < -0.39 is 11.6 Å². The Bertz CT molecular complexity index is 675. The van der Waals surface area contributed by atoms with Gasteiger partial charge in [0.1, 0.15) is 11.6 Å². The molecule has 2 rings (SSSR count). The monoisotopic (exact) mass is 339 g/mol. The molecular weight excluding hydrogens is 320 g/mol. The van der Waals surface area contributed by atoms with Crippen molar-refractivity contribution < 1.29 is 13.6 Å². The molecule has 0 fully saturated rings. The Balaban J connectivity index is 1.75. The number of nitrogens with one attached hydrogen (secondary N) is 1. The van der Waals surface area contributed by atoms with Crippen molar-refractivity contribution in [1.29, 1.82) is 0 Å². The molecule has 0 saturated carbocycles. The molecule has 0 aliphatic heterocycles. The van der Waals surface area contributed by atoms with Gasteiger partial charge in [-0.2, -0.15) is 0 Å². The number of likely N-dealkylation sites (N-methyl/N-ethyl adjacent to an activating group) is 1. The van der Waals surface area contributed by atoms with E-state index in [1.807, 2.05) is 24.4 Å². The third-order valence-electron chi connectivity index (χ3n) is 3.49. The first kappa shape index (κ1) is 17.5. The van der Waals surface area contributed by atoms with Gasteiger partial charge in [-0.3, -0.25) is 4.79 Å². The second kappa shape index (κ2) is 8.12. The molecule has 1 aromatic heterocycles. The van der Waals surface area contributed by atoms with Gasteiger partial charge in [-0.15, -0.1) is 11.3 Å². The van der Waals surface area contributed by atoms with Crippen molar-refractivity contribution in [3.63, 3.8) is 0 Å². The number of carbonyl (C=O) groups is 1. The molecule has 1 N–H and O–H groups in total. The minimum atomic E-state index is -0.645. The Labute approximate surface area is 138 Å². The average molecular weight is 339 g/mol. The Morgan fingerprint density at radius 1 is 1.35 bits per heavy atom. The van der Waals surface area contributed by atoms with Crippen molar-refractivity contribution in [1.82, 2.24) is 9.88 Å². The summed E-state index contributed by atoms with van der Waals surface area (Å²) in [6.45, 7) is 3.33. The number of aryl methyl sites for hydroxylation is 1. The van der Waals surface area contributed by atoms with Gasteiger partial charge in [0, 0.05) is 30.5 Å². The summed E-state index contributed by atoms with van der Waals surface area (Å²) >= 11 is 1.63. The van der Waals surface area contributed by atoms with Gasteiger partial charge in [0.25, 0.3) is 0 Å².